The Kier molecular flexibility index (Phi) is 4.30. The van der Waals surface area contributed by atoms with E-state index >= 15 is 0 Å². The van der Waals surface area contributed by atoms with Crippen LogP contribution in [-0.2, 0) is 19.8 Å². The molecule has 0 spiro atoms. The standard InChI is InChI=1S/C16H19F3N4/c1-22-8-6-12(21-22)10-20-13-7-9-23(11-13)15-5-3-2-4-14(15)16(17,18)19/h2-6,8,13,20H,7,9-11H2,1H3. The van der Waals surface area contributed by atoms with Gasteiger partial charge in [0.1, 0.15) is 0 Å². The molecule has 4 nitrogen and oxygen atoms in total. The van der Waals surface area contributed by atoms with Crippen molar-refractivity contribution < 1.29 is 13.2 Å². The summed E-state index contributed by atoms with van der Waals surface area (Å²) < 4.78 is 41.1. The molecule has 2 heterocycles. The van der Waals surface area contributed by atoms with Crippen molar-refractivity contribution in [3.8, 4) is 0 Å². The van der Waals surface area contributed by atoms with Gasteiger partial charge in [-0.25, -0.2) is 0 Å². The summed E-state index contributed by atoms with van der Waals surface area (Å²) in [6, 6.07) is 7.86. The molecule has 0 aliphatic carbocycles. The molecule has 124 valence electrons. The summed E-state index contributed by atoms with van der Waals surface area (Å²) in [6.07, 6.45) is -1.63. The van der Waals surface area contributed by atoms with Crippen molar-refractivity contribution in [1.82, 2.24) is 15.1 Å². The van der Waals surface area contributed by atoms with Crippen molar-refractivity contribution in [1.29, 1.82) is 0 Å². The van der Waals surface area contributed by atoms with Crippen molar-refractivity contribution >= 4 is 5.69 Å². The summed E-state index contributed by atoms with van der Waals surface area (Å²) in [4.78, 5) is 1.80. The first-order valence-corrected chi connectivity index (χ1v) is 7.56. The third kappa shape index (κ3) is 3.67. The van der Waals surface area contributed by atoms with Crippen molar-refractivity contribution in [3.05, 3.63) is 47.8 Å². The van der Waals surface area contributed by atoms with E-state index < -0.39 is 11.7 Å². The summed E-state index contributed by atoms with van der Waals surface area (Å²) >= 11 is 0. The monoisotopic (exact) mass is 324 g/mol. The second-order valence-electron chi connectivity index (χ2n) is 5.81. The van der Waals surface area contributed by atoms with Gasteiger partial charge in [0.25, 0.3) is 0 Å². The number of nitrogens with one attached hydrogen (secondary N) is 1. The number of para-hydroxylation sites is 1. The molecule has 1 fully saturated rings. The maximum atomic E-state index is 13.1. The Balaban J connectivity index is 1.64. The molecule has 0 amide bonds. The van der Waals surface area contributed by atoms with Crippen molar-refractivity contribution in [2.24, 2.45) is 7.05 Å². The minimum atomic E-state index is -4.32. The lowest BCUT2D eigenvalue weighted by atomic mass is 10.1. The molecule has 1 N–H and O–H groups in total. The fraction of sp³-hybridized carbons (Fsp3) is 0.438. The molecule has 1 aliphatic heterocycles. The van der Waals surface area contributed by atoms with Crippen LogP contribution >= 0.6 is 0 Å². The van der Waals surface area contributed by atoms with Crippen LogP contribution in [0.4, 0.5) is 18.9 Å². The number of benzene rings is 1. The van der Waals surface area contributed by atoms with Gasteiger partial charge in [0.05, 0.1) is 11.3 Å². The number of anilines is 1. The number of hydrogen-bond acceptors (Lipinski definition) is 3. The molecule has 3 rings (SSSR count). The highest BCUT2D eigenvalue weighted by Gasteiger charge is 2.36. The summed E-state index contributed by atoms with van der Waals surface area (Å²) in [5.74, 6) is 0. The molecular formula is C16H19F3N4. The number of rotatable bonds is 4. The van der Waals surface area contributed by atoms with E-state index in [4.69, 9.17) is 0 Å². The first-order valence-electron chi connectivity index (χ1n) is 7.56. The Morgan fingerprint density at radius 1 is 1.26 bits per heavy atom. The van der Waals surface area contributed by atoms with E-state index in [2.05, 4.69) is 10.4 Å². The number of hydrogen-bond donors (Lipinski definition) is 1. The Hall–Kier alpha value is -2.02. The molecular weight excluding hydrogens is 305 g/mol. The van der Waals surface area contributed by atoms with Gasteiger partial charge in [-0.15, -0.1) is 0 Å². The molecule has 7 heteroatoms. The predicted octanol–water partition coefficient (Wildman–Crippen LogP) is 2.81. The molecule has 1 unspecified atom stereocenters. The molecule has 1 aromatic heterocycles. The molecule has 1 aliphatic rings. The first kappa shape index (κ1) is 15.9. The zero-order chi connectivity index (χ0) is 16.4. The van der Waals surface area contributed by atoms with Crippen LogP contribution in [0.25, 0.3) is 0 Å². The van der Waals surface area contributed by atoms with E-state index in [1.165, 1.54) is 6.07 Å². The number of aryl methyl sites for hydroxylation is 1. The summed E-state index contributed by atoms with van der Waals surface area (Å²) in [5, 5.41) is 7.66. The van der Waals surface area contributed by atoms with Crippen LogP contribution in [0, 0.1) is 0 Å². The summed E-state index contributed by atoms with van der Waals surface area (Å²) in [7, 11) is 1.86. The highest BCUT2D eigenvalue weighted by molar-refractivity contribution is 5.55. The lowest BCUT2D eigenvalue weighted by Crippen LogP contribution is -2.32. The summed E-state index contributed by atoms with van der Waals surface area (Å²) in [6.45, 7) is 1.81. The largest absolute Gasteiger partial charge is 0.418 e. The average Bonchev–Trinajstić information content (AvgIpc) is 3.13. The fourth-order valence-corrected chi connectivity index (χ4v) is 2.94. The van der Waals surface area contributed by atoms with E-state index in [-0.39, 0.29) is 11.7 Å². The van der Waals surface area contributed by atoms with Crippen LogP contribution in [0.3, 0.4) is 0 Å². The van der Waals surface area contributed by atoms with Crippen LogP contribution in [0.5, 0.6) is 0 Å². The van der Waals surface area contributed by atoms with E-state index in [0.29, 0.717) is 19.6 Å². The Morgan fingerprint density at radius 2 is 2.04 bits per heavy atom. The Bertz CT molecular complexity index is 665. The van der Waals surface area contributed by atoms with Gasteiger partial charge < -0.3 is 10.2 Å². The molecule has 23 heavy (non-hydrogen) atoms. The van der Waals surface area contributed by atoms with Gasteiger partial charge in [-0.1, -0.05) is 12.1 Å². The predicted molar refractivity (Wildman–Crippen MR) is 82.1 cm³/mol. The average molecular weight is 324 g/mol. The maximum absolute atomic E-state index is 13.1. The van der Waals surface area contributed by atoms with Gasteiger partial charge in [0, 0.05) is 44.6 Å². The second kappa shape index (κ2) is 6.23. The van der Waals surface area contributed by atoms with Gasteiger partial charge in [0.2, 0.25) is 0 Å². The molecule has 0 radical (unpaired) electrons. The van der Waals surface area contributed by atoms with Crippen LogP contribution in [-0.4, -0.2) is 28.9 Å². The Labute approximate surface area is 132 Å². The summed E-state index contributed by atoms with van der Waals surface area (Å²) in [5.41, 5.74) is 0.633. The van der Waals surface area contributed by atoms with Crippen LogP contribution in [0.1, 0.15) is 17.7 Å². The van der Waals surface area contributed by atoms with Gasteiger partial charge in [-0.3, -0.25) is 4.68 Å². The first-order chi connectivity index (χ1) is 10.9. The normalized spacial score (nSPS) is 18.6. The molecule has 1 aromatic carbocycles. The molecule has 0 saturated carbocycles. The van der Waals surface area contributed by atoms with Crippen molar-refractivity contribution in [2.75, 3.05) is 18.0 Å². The highest BCUT2D eigenvalue weighted by Crippen LogP contribution is 2.37. The second-order valence-corrected chi connectivity index (χ2v) is 5.81. The zero-order valence-electron chi connectivity index (χ0n) is 12.8. The van der Waals surface area contributed by atoms with Gasteiger partial charge in [0.15, 0.2) is 0 Å². The van der Waals surface area contributed by atoms with Crippen LogP contribution in [0.2, 0.25) is 0 Å². The zero-order valence-corrected chi connectivity index (χ0v) is 12.8. The quantitative estimate of drug-likeness (QED) is 0.939. The maximum Gasteiger partial charge on any atom is 0.418 e. The minimum Gasteiger partial charge on any atom is -0.369 e. The van der Waals surface area contributed by atoms with Gasteiger partial charge in [-0.05, 0) is 24.6 Å². The smallest absolute Gasteiger partial charge is 0.369 e. The van der Waals surface area contributed by atoms with E-state index in [1.807, 2.05) is 19.3 Å². The lowest BCUT2D eigenvalue weighted by molar-refractivity contribution is -0.137. The molecule has 1 saturated heterocycles. The van der Waals surface area contributed by atoms with Gasteiger partial charge in [-0.2, -0.15) is 18.3 Å². The Morgan fingerprint density at radius 3 is 2.74 bits per heavy atom. The highest BCUT2D eigenvalue weighted by atomic mass is 19.4. The van der Waals surface area contributed by atoms with E-state index in [1.54, 1.807) is 21.7 Å². The number of nitrogens with zero attached hydrogens (tertiary/aromatic N) is 3. The third-order valence-electron chi connectivity index (χ3n) is 4.08. The van der Waals surface area contributed by atoms with E-state index in [0.717, 1.165) is 18.2 Å². The van der Waals surface area contributed by atoms with Crippen LogP contribution < -0.4 is 10.2 Å². The van der Waals surface area contributed by atoms with Crippen LogP contribution in [0.15, 0.2) is 36.5 Å². The number of aromatic nitrogens is 2. The fourth-order valence-electron chi connectivity index (χ4n) is 2.94. The minimum absolute atomic E-state index is 0.165. The number of halogens is 3. The van der Waals surface area contributed by atoms with Crippen molar-refractivity contribution in [2.45, 2.75) is 25.2 Å². The third-order valence-corrected chi connectivity index (χ3v) is 4.08. The lowest BCUT2D eigenvalue weighted by Gasteiger charge is -2.23. The number of alkyl halides is 3. The van der Waals surface area contributed by atoms with Crippen molar-refractivity contribution in [3.63, 3.8) is 0 Å². The van der Waals surface area contributed by atoms with Gasteiger partial charge >= 0.3 is 6.18 Å². The topological polar surface area (TPSA) is 33.1 Å². The molecule has 1 atom stereocenters. The SMILES string of the molecule is Cn1ccc(CNC2CCN(c3ccccc3C(F)(F)F)C2)n1. The molecule has 0 bridgehead atoms. The molecule has 2 aromatic rings. The van der Waals surface area contributed by atoms with E-state index in [9.17, 15) is 13.2 Å².